The molecular formula is C19H20FNO5. The Bertz CT molecular complexity index is 777. The van der Waals surface area contributed by atoms with E-state index >= 15 is 0 Å². The van der Waals surface area contributed by atoms with Crippen molar-refractivity contribution >= 4 is 11.9 Å². The van der Waals surface area contributed by atoms with Gasteiger partial charge in [0.2, 0.25) is 0 Å². The van der Waals surface area contributed by atoms with Crippen molar-refractivity contribution in [1.82, 2.24) is 5.32 Å². The Labute approximate surface area is 150 Å². The van der Waals surface area contributed by atoms with Crippen molar-refractivity contribution in [3.05, 3.63) is 53.7 Å². The molecule has 0 radical (unpaired) electrons. The zero-order chi connectivity index (χ0) is 18.6. The molecule has 1 fully saturated rings. The summed E-state index contributed by atoms with van der Waals surface area (Å²) in [5, 5.41) is 11.9. The summed E-state index contributed by atoms with van der Waals surface area (Å²) in [6.45, 7) is 0.0964. The van der Waals surface area contributed by atoms with E-state index in [0.717, 1.165) is 12.8 Å². The number of amides is 1. The van der Waals surface area contributed by atoms with Gasteiger partial charge in [0.05, 0.1) is 12.0 Å². The molecule has 0 unspecified atom stereocenters. The second-order valence-corrected chi connectivity index (χ2v) is 6.52. The Hall–Kier alpha value is -2.83. The number of carbonyl (C=O) groups is 2. The van der Waals surface area contributed by atoms with Crippen molar-refractivity contribution in [2.45, 2.75) is 44.2 Å². The van der Waals surface area contributed by atoms with Crippen LogP contribution in [0.1, 0.15) is 48.4 Å². The fraction of sp³-hybridized carbons (Fsp3) is 0.368. The molecule has 1 aliphatic carbocycles. The van der Waals surface area contributed by atoms with E-state index in [4.69, 9.17) is 14.3 Å². The van der Waals surface area contributed by atoms with Gasteiger partial charge in [0.1, 0.15) is 23.9 Å². The summed E-state index contributed by atoms with van der Waals surface area (Å²) in [4.78, 5) is 23.5. The zero-order valence-electron chi connectivity index (χ0n) is 14.2. The minimum absolute atomic E-state index is 0.0964. The summed E-state index contributed by atoms with van der Waals surface area (Å²) < 4.78 is 23.8. The van der Waals surface area contributed by atoms with Gasteiger partial charge >= 0.3 is 5.97 Å². The molecule has 1 aromatic heterocycles. The maximum absolute atomic E-state index is 12.9. The van der Waals surface area contributed by atoms with E-state index in [2.05, 4.69) is 5.32 Å². The van der Waals surface area contributed by atoms with Crippen LogP contribution in [0.2, 0.25) is 0 Å². The number of rotatable bonds is 7. The van der Waals surface area contributed by atoms with Crippen LogP contribution >= 0.6 is 0 Å². The molecule has 138 valence electrons. The van der Waals surface area contributed by atoms with Crippen LogP contribution in [-0.4, -0.2) is 22.5 Å². The predicted molar refractivity (Wildman–Crippen MR) is 90.4 cm³/mol. The first-order chi connectivity index (χ1) is 12.5. The quantitative estimate of drug-likeness (QED) is 0.788. The minimum Gasteiger partial charge on any atom is -0.486 e. The Morgan fingerprint density at radius 3 is 2.50 bits per heavy atom. The zero-order valence-corrected chi connectivity index (χ0v) is 14.2. The van der Waals surface area contributed by atoms with Gasteiger partial charge in [-0.05, 0) is 49.2 Å². The van der Waals surface area contributed by atoms with Crippen LogP contribution in [0, 0.1) is 5.82 Å². The highest BCUT2D eigenvalue weighted by molar-refractivity contribution is 5.92. The summed E-state index contributed by atoms with van der Waals surface area (Å²) in [7, 11) is 0. The molecule has 3 rings (SSSR count). The number of halogens is 1. The fourth-order valence-corrected chi connectivity index (χ4v) is 3.25. The molecule has 0 bridgehead atoms. The normalized spacial score (nSPS) is 15.6. The number of carboxylic acids is 1. The molecule has 2 aromatic rings. The van der Waals surface area contributed by atoms with Crippen LogP contribution in [-0.2, 0) is 11.4 Å². The Balaban J connectivity index is 1.60. The summed E-state index contributed by atoms with van der Waals surface area (Å²) >= 11 is 0. The fourth-order valence-electron chi connectivity index (χ4n) is 3.25. The van der Waals surface area contributed by atoms with Gasteiger partial charge in [-0.15, -0.1) is 0 Å². The SMILES string of the molecule is O=C(O)CC1(NC(=O)c2ccc(COc3ccc(F)cc3)o2)CCCC1. The molecule has 0 spiro atoms. The molecule has 6 nitrogen and oxygen atoms in total. The van der Waals surface area contributed by atoms with Crippen LogP contribution in [0.15, 0.2) is 40.8 Å². The molecular weight excluding hydrogens is 341 g/mol. The van der Waals surface area contributed by atoms with Crippen molar-refractivity contribution in [2.24, 2.45) is 0 Å². The number of aliphatic carboxylic acids is 1. The largest absolute Gasteiger partial charge is 0.486 e. The molecule has 26 heavy (non-hydrogen) atoms. The van der Waals surface area contributed by atoms with Crippen molar-refractivity contribution in [1.29, 1.82) is 0 Å². The number of carboxylic acid groups (broad SMARTS) is 1. The molecule has 1 aliphatic rings. The van der Waals surface area contributed by atoms with E-state index in [1.54, 1.807) is 6.07 Å². The highest BCUT2D eigenvalue weighted by Gasteiger charge is 2.38. The monoisotopic (exact) mass is 361 g/mol. The third-order valence-electron chi connectivity index (χ3n) is 4.51. The average Bonchev–Trinajstić information content (AvgIpc) is 3.23. The van der Waals surface area contributed by atoms with Crippen LogP contribution in [0.25, 0.3) is 0 Å². The summed E-state index contributed by atoms with van der Waals surface area (Å²) in [5.41, 5.74) is -0.708. The van der Waals surface area contributed by atoms with E-state index in [1.165, 1.54) is 30.3 Å². The van der Waals surface area contributed by atoms with E-state index in [-0.39, 0.29) is 24.6 Å². The lowest BCUT2D eigenvalue weighted by atomic mass is 9.93. The van der Waals surface area contributed by atoms with Crippen LogP contribution in [0.5, 0.6) is 5.75 Å². The average molecular weight is 361 g/mol. The van der Waals surface area contributed by atoms with Gasteiger partial charge in [0.25, 0.3) is 5.91 Å². The maximum atomic E-state index is 12.9. The topological polar surface area (TPSA) is 88.8 Å². The van der Waals surface area contributed by atoms with Crippen molar-refractivity contribution in [2.75, 3.05) is 0 Å². The molecule has 1 amide bonds. The van der Waals surface area contributed by atoms with Gasteiger partial charge in [-0.1, -0.05) is 12.8 Å². The first-order valence-corrected chi connectivity index (χ1v) is 8.47. The molecule has 0 atom stereocenters. The Kier molecular flexibility index (Phi) is 5.25. The van der Waals surface area contributed by atoms with Crippen molar-refractivity contribution < 1.29 is 28.2 Å². The van der Waals surface area contributed by atoms with Crippen LogP contribution in [0.3, 0.4) is 0 Å². The van der Waals surface area contributed by atoms with Crippen LogP contribution < -0.4 is 10.1 Å². The second kappa shape index (κ2) is 7.59. The van der Waals surface area contributed by atoms with Crippen molar-refractivity contribution in [3.63, 3.8) is 0 Å². The first-order valence-electron chi connectivity index (χ1n) is 8.47. The number of benzene rings is 1. The summed E-state index contributed by atoms with van der Waals surface area (Å²) in [6.07, 6.45) is 2.98. The molecule has 0 saturated heterocycles. The third-order valence-corrected chi connectivity index (χ3v) is 4.51. The van der Waals surface area contributed by atoms with Gasteiger partial charge in [0.15, 0.2) is 5.76 Å². The first kappa shape index (κ1) is 18.0. The molecule has 1 heterocycles. The number of nitrogens with one attached hydrogen (secondary N) is 1. The standard InChI is InChI=1S/C19H20FNO5/c20-13-3-5-14(6-4-13)25-12-15-7-8-16(26-15)18(24)21-19(11-17(22)23)9-1-2-10-19/h3-8H,1-2,9-12H2,(H,21,24)(H,22,23). The Morgan fingerprint density at radius 2 is 1.85 bits per heavy atom. The third kappa shape index (κ3) is 4.41. The number of carbonyl (C=O) groups excluding carboxylic acids is 1. The van der Waals surface area contributed by atoms with Gasteiger partial charge in [-0.3, -0.25) is 9.59 Å². The van der Waals surface area contributed by atoms with Gasteiger partial charge in [0, 0.05) is 0 Å². The van der Waals surface area contributed by atoms with E-state index in [9.17, 15) is 14.0 Å². The van der Waals surface area contributed by atoms with E-state index in [0.29, 0.717) is 24.4 Å². The van der Waals surface area contributed by atoms with Gasteiger partial charge in [-0.25, -0.2) is 4.39 Å². The lowest BCUT2D eigenvalue weighted by Gasteiger charge is -2.28. The summed E-state index contributed by atoms with van der Waals surface area (Å²) in [5.74, 6) is -0.671. The number of furan rings is 1. The highest BCUT2D eigenvalue weighted by atomic mass is 19.1. The lowest BCUT2D eigenvalue weighted by molar-refractivity contribution is -0.138. The minimum atomic E-state index is -0.931. The second-order valence-electron chi connectivity index (χ2n) is 6.52. The van der Waals surface area contributed by atoms with Gasteiger partial charge in [-0.2, -0.15) is 0 Å². The molecule has 1 saturated carbocycles. The molecule has 2 N–H and O–H groups in total. The number of ether oxygens (including phenoxy) is 1. The maximum Gasteiger partial charge on any atom is 0.305 e. The van der Waals surface area contributed by atoms with E-state index < -0.39 is 17.4 Å². The lowest BCUT2D eigenvalue weighted by Crippen LogP contribution is -2.47. The van der Waals surface area contributed by atoms with Gasteiger partial charge < -0.3 is 19.6 Å². The predicted octanol–water partition coefficient (Wildman–Crippen LogP) is 3.52. The summed E-state index contributed by atoms with van der Waals surface area (Å²) in [6, 6.07) is 8.74. The van der Waals surface area contributed by atoms with E-state index in [1.807, 2.05) is 0 Å². The molecule has 0 aliphatic heterocycles. The molecule has 1 aromatic carbocycles. The Morgan fingerprint density at radius 1 is 1.15 bits per heavy atom. The smallest absolute Gasteiger partial charge is 0.305 e. The number of hydrogen-bond donors (Lipinski definition) is 2. The van der Waals surface area contributed by atoms with Crippen molar-refractivity contribution in [3.8, 4) is 5.75 Å². The number of hydrogen-bond acceptors (Lipinski definition) is 4. The molecule has 7 heteroatoms. The van der Waals surface area contributed by atoms with Crippen LogP contribution in [0.4, 0.5) is 4.39 Å². The highest BCUT2D eigenvalue weighted by Crippen LogP contribution is 2.33.